The molecule has 0 saturated carbocycles. The Kier molecular flexibility index (Phi) is 8.11. The molecule has 9 nitrogen and oxygen atoms in total. The highest BCUT2D eigenvalue weighted by molar-refractivity contribution is 7.92. The monoisotopic (exact) mass is 545 g/mol. The normalized spacial score (nSPS) is 16.5. The van der Waals surface area contributed by atoms with E-state index in [2.05, 4.69) is 21.9 Å². The van der Waals surface area contributed by atoms with E-state index in [9.17, 15) is 18.0 Å². The molecule has 1 saturated heterocycles. The fourth-order valence-electron chi connectivity index (χ4n) is 4.64. The zero-order valence-electron chi connectivity index (χ0n) is 21.2. The van der Waals surface area contributed by atoms with E-state index in [0.29, 0.717) is 36.0 Å². The van der Waals surface area contributed by atoms with Crippen LogP contribution in [0.25, 0.3) is 5.69 Å². The van der Waals surface area contributed by atoms with Crippen LogP contribution in [0.4, 0.5) is 11.4 Å². The lowest BCUT2D eigenvalue weighted by atomic mass is 10.0. The molecule has 0 aliphatic carbocycles. The van der Waals surface area contributed by atoms with E-state index in [0.717, 1.165) is 19.5 Å². The minimum absolute atomic E-state index is 0.0234. The van der Waals surface area contributed by atoms with Crippen molar-refractivity contribution in [3.05, 3.63) is 69.6 Å². The number of hydrogen-bond donors (Lipinski definition) is 2. The van der Waals surface area contributed by atoms with Gasteiger partial charge in [-0.3, -0.25) is 19.0 Å². The van der Waals surface area contributed by atoms with Gasteiger partial charge >= 0.3 is 0 Å². The number of hydrogen-bond acceptors (Lipinski definition) is 5. The van der Waals surface area contributed by atoms with Gasteiger partial charge in [-0.2, -0.15) is 0 Å². The molecule has 2 N–H and O–H groups in total. The van der Waals surface area contributed by atoms with Crippen LogP contribution < -0.4 is 15.6 Å². The number of nitrogens with one attached hydrogen (secondary N) is 2. The summed E-state index contributed by atoms with van der Waals surface area (Å²) in [6, 6.07) is 13.2. The largest absolute Gasteiger partial charge is 0.326 e. The lowest BCUT2D eigenvalue weighted by molar-refractivity contribution is -0.116. The summed E-state index contributed by atoms with van der Waals surface area (Å²) < 4.78 is 32.0. The smallest absolute Gasteiger partial charge is 0.296 e. The molecule has 11 heteroatoms. The zero-order chi connectivity index (χ0) is 26.7. The van der Waals surface area contributed by atoms with E-state index in [-0.39, 0.29) is 21.5 Å². The van der Waals surface area contributed by atoms with Crippen LogP contribution in [0.1, 0.15) is 31.9 Å². The number of benzene rings is 2. The number of carbonyl (C=O) groups excluding carboxylic acids is 1. The van der Waals surface area contributed by atoms with Crippen molar-refractivity contribution in [1.82, 2.24) is 14.3 Å². The average molecular weight is 546 g/mol. The van der Waals surface area contributed by atoms with Crippen molar-refractivity contribution < 1.29 is 13.2 Å². The zero-order valence-corrected chi connectivity index (χ0v) is 22.8. The SMILES string of the molecule is Cc1c(NS(=O)(=O)c2cc(NC(=O)CCN3CCC[C@@H](C)C3)ccc2Cl)c(=O)n(-c2ccccc2)n1C. The summed E-state index contributed by atoms with van der Waals surface area (Å²) in [5, 5.41) is 2.74. The first-order valence-corrected chi connectivity index (χ1v) is 14.1. The van der Waals surface area contributed by atoms with Gasteiger partial charge in [0, 0.05) is 32.2 Å². The molecule has 1 aliphatic heterocycles. The number of rotatable bonds is 8. The van der Waals surface area contributed by atoms with Gasteiger partial charge in [0.1, 0.15) is 10.6 Å². The first-order chi connectivity index (χ1) is 17.6. The number of carbonyl (C=O) groups is 1. The molecule has 2 aromatic carbocycles. The van der Waals surface area contributed by atoms with E-state index in [1.165, 1.54) is 23.2 Å². The van der Waals surface area contributed by atoms with E-state index in [1.807, 2.05) is 6.07 Å². The summed E-state index contributed by atoms with van der Waals surface area (Å²) >= 11 is 6.24. The molecule has 1 fully saturated rings. The van der Waals surface area contributed by atoms with Crippen LogP contribution in [-0.4, -0.2) is 48.2 Å². The van der Waals surface area contributed by atoms with Gasteiger partial charge in [0.15, 0.2) is 0 Å². The molecule has 4 rings (SSSR count). The number of amides is 1. The van der Waals surface area contributed by atoms with Crippen LogP contribution in [0, 0.1) is 12.8 Å². The second kappa shape index (κ2) is 11.1. The number of para-hydroxylation sites is 1. The maximum atomic E-state index is 13.3. The lowest BCUT2D eigenvalue weighted by Crippen LogP contribution is -2.36. The third-order valence-electron chi connectivity index (χ3n) is 6.69. The minimum atomic E-state index is -4.24. The molecule has 0 bridgehead atoms. The fraction of sp³-hybridized carbons (Fsp3) is 0.385. The number of piperidine rings is 1. The van der Waals surface area contributed by atoms with Crippen LogP contribution >= 0.6 is 11.6 Å². The molecule has 2 heterocycles. The third-order valence-corrected chi connectivity index (χ3v) is 8.52. The predicted molar refractivity (Wildman–Crippen MR) is 146 cm³/mol. The highest BCUT2D eigenvalue weighted by Gasteiger charge is 2.25. The molecule has 0 radical (unpaired) electrons. The van der Waals surface area contributed by atoms with Crippen LogP contribution in [0.15, 0.2) is 58.2 Å². The molecule has 198 valence electrons. The van der Waals surface area contributed by atoms with Crippen molar-refractivity contribution in [3.63, 3.8) is 0 Å². The van der Waals surface area contributed by atoms with E-state index < -0.39 is 15.6 Å². The number of nitrogens with zero attached hydrogens (tertiary/aromatic N) is 3. The van der Waals surface area contributed by atoms with Gasteiger partial charge in [-0.1, -0.05) is 36.7 Å². The van der Waals surface area contributed by atoms with Gasteiger partial charge in [-0.25, -0.2) is 13.1 Å². The molecule has 1 amide bonds. The molecule has 3 aromatic rings. The van der Waals surface area contributed by atoms with Crippen molar-refractivity contribution in [2.75, 3.05) is 29.7 Å². The van der Waals surface area contributed by atoms with Gasteiger partial charge in [-0.15, -0.1) is 0 Å². The summed E-state index contributed by atoms with van der Waals surface area (Å²) in [6.45, 7) is 6.48. The number of likely N-dealkylation sites (tertiary alicyclic amines) is 1. The molecule has 1 atom stereocenters. The van der Waals surface area contributed by atoms with E-state index >= 15 is 0 Å². The number of halogens is 1. The highest BCUT2D eigenvalue weighted by Crippen LogP contribution is 2.27. The first-order valence-electron chi connectivity index (χ1n) is 12.3. The van der Waals surface area contributed by atoms with Crippen molar-refractivity contribution in [1.29, 1.82) is 0 Å². The molecule has 37 heavy (non-hydrogen) atoms. The standard InChI is InChI=1S/C26H32ClN5O4S/c1-18-8-7-14-31(17-18)15-13-24(33)28-20-11-12-22(27)23(16-20)37(35,36)29-25-19(2)30(3)32(26(25)34)21-9-5-4-6-10-21/h4-6,9-12,16,18,29H,7-8,13-15,17H2,1-3H3,(H,28,33)/t18-/m1/s1. The number of aromatic nitrogens is 2. The summed E-state index contributed by atoms with van der Waals surface area (Å²) in [5.74, 6) is 0.417. The summed E-state index contributed by atoms with van der Waals surface area (Å²) in [6.07, 6.45) is 2.64. The molecule has 0 spiro atoms. The van der Waals surface area contributed by atoms with Crippen LogP contribution in [-0.2, 0) is 21.9 Å². The van der Waals surface area contributed by atoms with Gasteiger partial charge in [0.2, 0.25) is 5.91 Å². The van der Waals surface area contributed by atoms with Gasteiger partial charge in [0.25, 0.3) is 15.6 Å². The average Bonchev–Trinajstić information content (AvgIpc) is 3.07. The Morgan fingerprint density at radius 1 is 1.16 bits per heavy atom. The lowest BCUT2D eigenvalue weighted by Gasteiger charge is -2.30. The maximum Gasteiger partial charge on any atom is 0.296 e. The van der Waals surface area contributed by atoms with Gasteiger partial charge in [0.05, 0.1) is 16.4 Å². The fourth-order valence-corrected chi connectivity index (χ4v) is 6.28. The second-order valence-electron chi connectivity index (χ2n) is 9.53. The number of anilines is 2. The van der Waals surface area contributed by atoms with E-state index in [1.54, 1.807) is 49.0 Å². The summed E-state index contributed by atoms with van der Waals surface area (Å²) in [5.41, 5.74) is 0.763. The molecule has 1 aliphatic rings. The highest BCUT2D eigenvalue weighted by atomic mass is 35.5. The number of sulfonamides is 1. The molecular formula is C26H32ClN5O4S. The second-order valence-corrected chi connectivity index (χ2v) is 11.6. The Hall–Kier alpha value is -3.08. The van der Waals surface area contributed by atoms with Crippen molar-refractivity contribution >= 4 is 38.9 Å². The van der Waals surface area contributed by atoms with Crippen LogP contribution in [0.5, 0.6) is 0 Å². The summed E-state index contributed by atoms with van der Waals surface area (Å²) in [7, 11) is -2.56. The van der Waals surface area contributed by atoms with Crippen molar-refractivity contribution in [3.8, 4) is 5.69 Å². The molecule has 0 unspecified atom stereocenters. The Balaban J connectivity index is 1.52. The Labute approximate surface area is 222 Å². The maximum absolute atomic E-state index is 13.3. The Morgan fingerprint density at radius 2 is 1.89 bits per heavy atom. The quantitative estimate of drug-likeness (QED) is 0.445. The minimum Gasteiger partial charge on any atom is -0.326 e. The predicted octanol–water partition coefficient (Wildman–Crippen LogP) is 4.00. The third kappa shape index (κ3) is 6.08. The van der Waals surface area contributed by atoms with Crippen LogP contribution in [0.2, 0.25) is 5.02 Å². The van der Waals surface area contributed by atoms with Crippen LogP contribution in [0.3, 0.4) is 0 Å². The van der Waals surface area contributed by atoms with Gasteiger partial charge < -0.3 is 10.2 Å². The first kappa shape index (κ1) is 27.0. The van der Waals surface area contributed by atoms with Crippen molar-refractivity contribution in [2.24, 2.45) is 13.0 Å². The summed E-state index contributed by atoms with van der Waals surface area (Å²) in [4.78, 5) is 27.8. The molecule has 1 aromatic heterocycles. The Bertz CT molecular complexity index is 1450. The van der Waals surface area contributed by atoms with Gasteiger partial charge in [-0.05, 0) is 62.6 Å². The van der Waals surface area contributed by atoms with Crippen molar-refractivity contribution in [2.45, 2.75) is 38.0 Å². The Morgan fingerprint density at radius 3 is 2.59 bits per heavy atom. The topological polar surface area (TPSA) is 105 Å². The van der Waals surface area contributed by atoms with E-state index in [4.69, 9.17) is 11.6 Å². The molecular weight excluding hydrogens is 514 g/mol.